The minimum Gasteiger partial charge on any atom is -0.458 e. The summed E-state index contributed by atoms with van der Waals surface area (Å²) < 4.78 is 7.44. The predicted octanol–water partition coefficient (Wildman–Crippen LogP) is 5.27. The Bertz CT molecular complexity index is 1010. The van der Waals surface area contributed by atoms with Gasteiger partial charge in [0.25, 0.3) is 0 Å². The number of hydrogen-bond donors (Lipinski definition) is 0. The van der Waals surface area contributed by atoms with Crippen LogP contribution >= 0.6 is 11.6 Å². The second kappa shape index (κ2) is 7.69. The Morgan fingerprint density at radius 2 is 1.96 bits per heavy atom. The van der Waals surface area contributed by atoms with Crippen molar-refractivity contribution in [3.63, 3.8) is 0 Å². The third-order valence-corrected chi connectivity index (χ3v) is 4.92. The highest BCUT2D eigenvalue weighted by atomic mass is 35.5. The van der Waals surface area contributed by atoms with E-state index in [1.165, 1.54) is 0 Å². The monoisotopic (exact) mass is 385 g/mol. The van der Waals surface area contributed by atoms with Gasteiger partial charge in [-0.05, 0) is 44.5 Å². The first-order valence-electron chi connectivity index (χ1n) is 9.20. The van der Waals surface area contributed by atoms with Gasteiger partial charge in [-0.25, -0.2) is 9.97 Å². The average molecular weight is 386 g/mol. The van der Waals surface area contributed by atoms with Crippen molar-refractivity contribution in [2.45, 2.75) is 53.6 Å². The molecule has 0 fully saturated rings. The molecule has 0 aliphatic rings. The van der Waals surface area contributed by atoms with Crippen molar-refractivity contribution in [3.8, 4) is 5.69 Å². The summed E-state index contributed by atoms with van der Waals surface area (Å²) >= 11 is 6.53. The molecule has 142 valence electrons. The first-order chi connectivity index (χ1) is 12.8. The lowest BCUT2D eigenvalue weighted by Crippen LogP contribution is -2.08. The van der Waals surface area contributed by atoms with Crippen LogP contribution in [0.15, 0.2) is 24.3 Å². The van der Waals surface area contributed by atoms with Crippen LogP contribution in [0.3, 0.4) is 0 Å². The normalized spacial score (nSPS) is 12.4. The molecule has 27 heavy (non-hydrogen) atoms. The molecule has 0 radical (unpaired) electrons. The molecule has 0 spiro atoms. The van der Waals surface area contributed by atoms with E-state index in [0.29, 0.717) is 11.4 Å². The smallest absolute Gasteiger partial charge is 0.306 e. The second-order valence-electron chi connectivity index (χ2n) is 6.66. The number of ether oxygens (including phenoxy) is 1. The Kier molecular flexibility index (Phi) is 5.51. The molecule has 0 aliphatic carbocycles. The number of esters is 1. The van der Waals surface area contributed by atoms with Gasteiger partial charge >= 0.3 is 5.97 Å². The van der Waals surface area contributed by atoms with Crippen molar-refractivity contribution < 1.29 is 9.53 Å². The van der Waals surface area contributed by atoms with Gasteiger partial charge in [0.2, 0.25) is 0 Å². The number of fused-ring (bicyclic) bond motifs is 1. The van der Waals surface area contributed by atoms with Crippen molar-refractivity contribution in [1.29, 1.82) is 0 Å². The quantitative estimate of drug-likeness (QED) is 0.561. The molecule has 1 aromatic carbocycles. The molecular formula is C21H24ClN3O2. The van der Waals surface area contributed by atoms with Crippen molar-refractivity contribution in [3.05, 3.63) is 51.9 Å². The number of imidazole rings is 1. The molecule has 0 saturated carbocycles. The van der Waals surface area contributed by atoms with Crippen LogP contribution < -0.4 is 0 Å². The molecule has 2 heterocycles. The van der Waals surface area contributed by atoms with E-state index in [1.54, 1.807) is 6.92 Å². The number of aryl methyl sites for hydroxylation is 3. The zero-order valence-corrected chi connectivity index (χ0v) is 17.1. The zero-order chi connectivity index (χ0) is 19.7. The van der Waals surface area contributed by atoms with Gasteiger partial charge < -0.3 is 4.74 Å². The van der Waals surface area contributed by atoms with Gasteiger partial charge in [0, 0.05) is 29.1 Å². The molecule has 6 heteroatoms. The SMILES string of the molecule is CCC(=O)OC(C)c1ccc(-n2c(CC)nc3c(C)cc(C)nc32)cc1Cl. The van der Waals surface area contributed by atoms with Crippen LogP contribution in [0.2, 0.25) is 5.02 Å². The summed E-state index contributed by atoms with van der Waals surface area (Å²) in [6.45, 7) is 9.70. The van der Waals surface area contributed by atoms with E-state index < -0.39 is 6.10 Å². The number of aromatic nitrogens is 3. The van der Waals surface area contributed by atoms with E-state index in [4.69, 9.17) is 26.3 Å². The molecule has 0 saturated heterocycles. The predicted molar refractivity (Wildman–Crippen MR) is 108 cm³/mol. The Morgan fingerprint density at radius 1 is 1.22 bits per heavy atom. The molecule has 0 amide bonds. The minimum atomic E-state index is -0.396. The molecule has 3 aromatic rings. The van der Waals surface area contributed by atoms with Gasteiger partial charge in [0.1, 0.15) is 17.4 Å². The highest BCUT2D eigenvalue weighted by Crippen LogP contribution is 2.30. The van der Waals surface area contributed by atoms with Crippen molar-refractivity contribution in [2.24, 2.45) is 0 Å². The molecule has 1 unspecified atom stereocenters. The fourth-order valence-corrected chi connectivity index (χ4v) is 3.57. The average Bonchev–Trinajstić information content (AvgIpc) is 3.00. The zero-order valence-electron chi connectivity index (χ0n) is 16.3. The van der Waals surface area contributed by atoms with E-state index in [2.05, 4.69) is 6.92 Å². The first-order valence-corrected chi connectivity index (χ1v) is 9.58. The lowest BCUT2D eigenvalue weighted by atomic mass is 10.1. The molecule has 0 aliphatic heterocycles. The van der Waals surface area contributed by atoms with Crippen LogP contribution in [-0.4, -0.2) is 20.5 Å². The third kappa shape index (κ3) is 3.69. The molecular weight excluding hydrogens is 362 g/mol. The Morgan fingerprint density at radius 3 is 2.59 bits per heavy atom. The summed E-state index contributed by atoms with van der Waals surface area (Å²) in [5.74, 6) is 0.687. The maximum absolute atomic E-state index is 11.6. The van der Waals surface area contributed by atoms with Gasteiger partial charge in [0.05, 0.1) is 5.69 Å². The van der Waals surface area contributed by atoms with Crippen LogP contribution in [0.5, 0.6) is 0 Å². The Labute approximate surface area is 164 Å². The van der Waals surface area contributed by atoms with Gasteiger partial charge in [-0.15, -0.1) is 0 Å². The summed E-state index contributed by atoms with van der Waals surface area (Å²) in [5.41, 5.74) is 5.47. The van der Waals surface area contributed by atoms with Crippen LogP contribution in [0.4, 0.5) is 0 Å². The standard InChI is InChI=1S/C21H24ClN3O2/c1-6-18-24-20-12(3)10-13(4)23-21(20)25(18)15-8-9-16(17(22)11-15)14(5)27-19(26)7-2/h8-11,14H,6-7H2,1-5H3. The summed E-state index contributed by atoms with van der Waals surface area (Å²) in [7, 11) is 0. The fourth-order valence-electron chi connectivity index (χ4n) is 3.24. The van der Waals surface area contributed by atoms with E-state index in [-0.39, 0.29) is 5.97 Å². The highest BCUT2D eigenvalue weighted by Gasteiger charge is 2.18. The van der Waals surface area contributed by atoms with Crippen LogP contribution in [0, 0.1) is 13.8 Å². The number of nitrogens with zero attached hydrogens (tertiary/aromatic N) is 3. The lowest BCUT2D eigenvalue weighted by Gasteiger charge is -2.16. The summed E-state index contributed by atoms with van der Waals surface area (Å²) in [4.78, 5) is 21.0. The van der Waals surface area contributed by atoms with E-state index in [0.717, 1.165) is 45.9 Å². The Balaban J connectivity index is 2.10. The lowest BCUT2D eigenvalue weighted by molar-refractivity contribution is -0.148. The number of benzene rings is 1. The molecule has 0 bridgehead atoms. The van der Waals surface area contributed by atoms with Gasteiger partial charge in [-0.3, -0.25) is 9.36 Å². The summed E-state index contributed by atoms with van der Waals surface area (Å²) in [6.07, 6.45) is 0.719. The maximum atomic E-state index is 11.6. The number of rotatable bonds is 5. The van der Waals surface area contributed by atoms with Gasteiger partial charge in [-0.1, -0.05) is 31.5 Å². The van der Waals surface area contributed by atoms with Gasteiger partial charge in [-0.2, -0.15) is 0 Å². The summed E-state index contributed by atoms with van der Waals surface area (Å²) in [6, 6.07) is 7.79. The number of carbonyl (C=O) groups is 1. The molecule has 1 atom stereocenters. The minimum absolute atomic E-state index is 0.244. The van der Waals surface area contributed by atoms with E-state index in [1.807, 2.05) is 49.6 Å². The van der Waals surface area contributed by atoms with Crippen molar-refractivity contribution >= 4 is 28.7 Å². The molecule has 5 nitrogen and oxygen atoms in total. The molecule has 0 N–H and O–H groups in total. The van der Waals surface area contributed by atoms with Crippen LogP contribution in [0.1, 0.15) is 55.9 Å². The maximum Gasteiger partial charge on any atom is 0.306 e. The number of carbonyl (C=O) groups excluding carboxylic acids is 1. The summed E-state index contributed by atoms with van der Waals surface area (Å²) in [5, 5.41) is 0.553. The van der Waals surface area contributed by atoms with Crippen LogP contribution in [-0.2, 0) is 16.0 Å². The largest absolute Gasteiger partial charge is 0.458 e. The number of pyridine rings is 1. The van der Waals surface area contributed by atoms with Crippen LogP contribution in [0.25, 0.3) is 16.9 Å². The van der Waals surface area contributed by atoms with E-state index in [9.17, 15) is 4.79 Å². The topological polar surface area (TPSA) is 57.0 Å². The Hall–Kier alpha value is -2.40. The highest BCUT2D eigenvalue weighted by molar-refractivity contribution is 6.31. The first kappa shape index (κ1) is 19.4. The van der Waals surface area contributed by atoms with E-state index >= 15 is 0 Å². The molecule has 2 aromatic heterocycles. The second-order valence-corrected chi connectivity index (χ2v) is 7.07. The van der Waals surface area contributed by atoms with Gasteiger partial charge in [0.15, 0.2) is 5.65 Å². The number of hydrogen-bond acceptors (Lipinski definition) is 4. The fraction of sp³-hybridized carbons (Fsp3) is 0.381. The third-order valence-electron chi connectivity index (χ3n) is 4.60. The van der Waals surface area contributed by atoms with Crippen molar-refractivity contribution in [2.75, 3.05) is 0 Å². The number of halogens is 1. The molecule has 3 rings (SSSR count). The van der Waals surface area contributed by atoms with Crippen molar-refractivity contribution in [1.82, 2.24) is 14.5 Å².